The molecular weight excluding hydrogens is 264 g/mol. The van der Waals surface area contributed by atoms with Crippen molar-refractivity contribution in [1.29, 1.82) is 0 Å². The van der Waals surface area contributed by atoms with Gasteiger partial charge in [-0.25, -0.2) is 0 Å². The van der Waals surface area contributed by atoms with Gasteiger partial charge in [0.15, 0.2) is 0 Å². The Morgan fingerprint density at radius 1 is 1.10 bits per heavy atom. The summed E-state index contributed by atoms with van der Waals surface area (Å²) in [6, 6.07) is 0. The fourth-order valence-corrected chi connectivity index (χ4v) is 4.82. The van der Waals surface area contributed by atoms with Crippen LogP contribution in [0.1, 0.15) is 77.6 Å². The Balaban J connectivity index is 1.71. The maximum Gasteiger partial charge on any atom is 0.0942 e. The van der Waals surface area contributed by atoms with Crippen LogP contribution in [0.5, 0.6) is 0 Å². The summed E-state index contributed by atoms with van der Waals surface area (Å²) < 4.78 is 12.2. The molecule has 2 atom stereocenters. The fraction of sp³-hybridized carbons (Fsp3) is 1.00. The highest BCUT2D eigenvalue weighted by atomic mass is 16.5. The van der Waals surface area contributed by atoms with Crippen LogP contribution in [-0.2, 0) is 9.47 Å². The van der Waals surface area contributed by atoms with Crippen molar-refractivity contribution in [1.82, 2.24) is 0 Å². The molecule has 3 fully saturated rings. The molecule has 3 aliphatic rings. The van der Waals surface area contributed by atoms with Gasteiger partial charge in [-0.05, 0) is 57.8 Å². The molecule has 1 spiro atoms. The minimum Gasteiger partial charge on any atom is -0.390 e. The normalized spacial score (nSPS) is 33.1. The van der Waals surface area contributed by atoms with Crippen LogP contribution < -0.4 is 0 Å². The molecule has 3 nitrogen and oxygen atoms in total. The van der Waals surface area contributed by atoms with Gasteiger partial charge in [0.25, 0.3) is 0 Å². The van der Waals surface area contributed by atoms with E-state index in [1.165, 1.54) is 44.9 Å². The highest BCUT2D eigenvalue weighted by Crippen LogP contribution is 2.47. The SMILES string of the molecule is CCOC1(C(O)C2CCOC3(CCC3)C2)CCCCCC1. The summed E-state index contributed by atoms with van der Waals surface area (Å²) >= 11 is 0. The average molecular weight is 296 g/mol. The summed E-state index contributed by atoms with van der Waals surface area (Å²) in [4.78, 5) is 0. The molecule has 0 aromatic rings. The molecule has 2 aliphatic carbocycles. The van der Waals surface area contributed by atoms with Crippen molar-refractivity contribution in [2.45, 2.75) is 94.9 Å². The Morgan fingerprint density at radius 3 is 2.38 bits per heavy atom. The number of aliphatic hydroxyl groups excluding tert-OH is 1. The number of rotatable bonds is 4. The predicted molar refractivity (Wildman–Crippen MR) is 83.3 cm³/mol. The van der Waals surface area contributed by atoms with Gasteiger partial charge in [-0.1, -0.05) is 25.7 Å². The smallest absolute Gasteiger partial charge is 0.0942 e. The summed E-state index contributed by atoms with van der Waals surface area (Å²) in [5, 5.41) is 11.2. The van der Waals surface area contributed by atoms with Crippen LogP contribution >= 0.6 is 0 Å². The molecule has 21 heavy (non-hydrogen) atoms. The molecule has 0 amide bonds. The predicted octanol–water partition coefficient (Wildman–Crippen LogP) is 3.83. The van der Waals surface area contributed by atoms with Gasteiger partial charge in [-0.15, -0.1) is 0 Å². The largest absolute Gasteiger partial charge is 0.390 e. The Morgan fingerprint density at radius 2 is 1.81 bits per heavy atom. The van der Waals surface area contributed by atoms with Crippen LogP contribution in [0.4, 0.5) is 0 Å². The van der Waals surface area contributed by atoms with E-state index in [0.29, 0.717) is 12.5 Å². The van der Waals surface area contributed by atoms with Crippen LogP contribution in [0, 0.1) is 5.92 Å². The summed E-state index contributed by atoms with van der Waals surface area (Å²) in [6.45, 7) is 3.60. The zero-order valence-electron chi connectivity index (χ0n) is 13.6. The first kappa shape index (κ1) is 15.8. The number of aliphatic hydroxyl groups is 1. The van der Waals surface area contributed by atoms with Gasteiger partial charge in [0.2, 0.25) is 0 Å². The van der Waals surface area contributed by atoms with E-state index in [1.807, 2.05) is 0 Å². The average Bonchev–Trinajstić information content (AvgIpc) is 2.72. The standard InChI is InChI=1S/C18H32O3/c1-2-20-18(11-5-3-4-6-12-18)16(19)15-8-13-21-17(14-15)9-7-10-17/h15-16,19H,2-14H2,1H3. The second kappa shape index (κ2) is 6.55. The number of hydrogen-bond acceptors (Lipinski definition) is 3. The van der Waals surface area contributed by atoms with Gasteiger partial charge >= 0.3 is 0 Å². The molecule has 0 bridgehead atoms. The topological polar surface area (TPSA) is 38.7 Å². The van der Waals surface area contributed by atoms with Gasteiger partial charge in [-0.3, -0.25) is 0 Å². The van der Waals surface area contributed by atoms with Crippen molar-refractivity contribution < 1.29 is 14.6 Å². The molecule has 1 N–H and O–H groups in total. The molecule has 1 saturated heterocycles. The monoisotopic (exact) mass is 296 g/mol. The summed E-state index contributed by atoms with van der Waals surface area (Å²) in [7, 11) is 0. The first-order valence-electron chi connectivity index (χ1n) is 9.16. The van der Waals surface area contributed by atoms with E-state index in [9.17, 15) is 5.11 Å². The third-order valence-corrected chi connectivity index (χ3v) is 6.16. The second-order valence-electron chi connectivity index (χ2n) is 7.49. The fourth-order valence-electron chi connectivity index (χ4n) is 4.82. The zero-order chi connectivity index (χ0) is 14.8. The number of hydrogen-bond donors (Lipinski definition) is 1. The van der Waals surface area contributed by atoms with Gasteiger partial charge in [0, 0.05) is 13.2 Å². The lowest BCUT2D eigenvalue weighted by molar-refractivity contribution is -0.195. The lowest BCUT2D eigenvalue weighted by Gasteiger charge is -2.50. The molecule has 0 radical (unpaired) electrons. The third kappa shape index (κ3) is 3.16. The lowest BCUT2D eigenvalue weighted by atomic mass is 9.68. The zero-order valence-corrected chi connectivity index (χ0v) is 13.6. The molecule has 1 aliphatic heterocycles. The Bertz CT molecular complexity index is 329. The summed E-state index contributed by atoms with van der Waals surface area (Å²) in [5.41, 5.74) is -0.166. The molecule has 1 heterocycles. The maximum absolute atomic E-state index is 11.2. The van der Waals surface area contributed by atoms with E-state index in [-0.39, 0.29) is 17.3 Å². The minimum absolute atomic E-state index is 0.113. The number of ether oxygens (including phenoxy) is 2. The van der Waals surface area contributed by atoms with Crippen LogP contribution in [-0.4, -0.2) is 35.6 Å². The van der Waals surface area contributed by atoms with Crippen molar-refractivity contribution in [3.63, 3.8) is 0 Å². The summed E-state index contributed by atoms with van der Waals surface area (Å²) in [5.74, 6) is 0.365. The Kier molecular flexibility index (Phi) is 4.92. The first-order valence-corrected chi connectivity index (χ1v) is 9.16. The molecule has 3 heteroatoms. The van der Waals surface area contributed by atoms with Gasteiger partial charge in [-0.2, -0.15) is 0 Å². The minimum atomic E-state index is -0.308. The van der Waals surface area contributed by atoms with Crippen LogP contribution in [0.15, 0.2) is 0 Å². The van der Waals surface area contributed by atoms with E-state index < -0.39 is 0 Å². The molecule has 2 saturated carbocycles. The molecule has 122 valence electrons. The van der Waals surface area contributed by atoms with Crippen molar-refractivity contribution in [2.75, 3.05) is 13.2 Å². The Hall–Kier alpha value is -0.120. The van der Waals surface area contributed by atoms with Crippen LogP contribution in [0.3, 0.4) is 0 Å². The third-order valence-electron chi connectivity index (χ3n) is 6.16. The Labute approximate surface area is 129 Å². The van der Waals surface area contributed by atoms with Gasteiger partial charge in [0.05, 0.1) is 17.3 Å². The van der Waals surface area contributed by atoms with Gasteiger partial charge < -0.3 is 14.6 Å². The first-order chi connectivity index (χ1) is 10.2. The quantitative estimate of drug-likeness (QED) is 0.801. The van der Waals surface area contributed by atoms with Crippen LogP contribution in [0.2, 0.25) is 0 Å². The van der Waals surface area contributed by atoms with E-state index in [2.05, 4.69) is 6.92 Å². The molecular formula is C18H32O3. The van der Waals surface area contributed by atoms with E-state index in [0.717, 1.165) is 32.3 Å². The van der Waals surface area contributed by atoms with Crippen molar-refractivity contribution in [3.8, 4) is 0 Å². The maximum atomic E-state index is 11.2. The summed E-state index contributed by atoms with van der Waals surface area (Å²) in [6.07, 6.45) is 12.5. The van der Waals surface area contributed by atoms with E-state index >= 15 is 0 Å². The molecule has 0 aromatic heterocycles. The highest BCUT2D eigenvalue weighted by Gasteiger charge is 2.49. The molecule has 2 unspecified atom stereocenters. The van der Waals surface area contributed by atoms with Gasteiger partial charge in [0.1, 0.15) is 0 Å². The lowest BCUT2D eigenvalue weighted by Crippen LogP contribution is -2.54. The van der Waals surface area contributed by atoms with E-state index in [4.69, 9.17) is 9.47 Å². The van der Waals surface area contributed by atoms with Crippen molar-refractivity contribution in [3.05, 3.63) is 0 Å². The molecule has 0 aromatic carbocycles. The van der Waals surface area contributed by atoms with Crippen molar-refractivity contribution in [2.24, 2.45) is 5.92 Å². The molecule has 3 rings (SSSR count). The highest BCUT2D eigenvalue weighted by molar-refractivity contribution is 5.00. The van der Waals surface area contributed by atoms with Crippen LogP contribution in [0.25, 0.3) is 0 Å². The second-order valence-corrected chi connectivity index (χ2v) is 7.49. The van der Waals surface area contributed by atoms with Crippen molar-refractivity contribution >= 4 is 0 Å². The van der Waals surface area contributed by atoms with E-state index in [1.54, 1.807) is 0 Å².